The number of aromatic amines is 1. The average Bonchev–Trinajstić information content (AvgIpc) is 2.63. The molecule has 0 fully saturated rings. The lowest BCUT2D eigenvalue weighted by molar-refractivity contribution is -0.147. The largest absolute Gasteiger partial charge is 0.456 e. The van der Waals surface area contributed by atoms with E-state index in [4.69, 9.17) is 21.6 Å². The van der Waals surface area contributed by atoms with E-state index in [-0.39, 0.29) is 18.4 Å². The van der Waals surface area contributed by atoms with Gasteiger partial charge in [-0.15, -0.1) is 0 Å². The van der Waals surface area contributed by atoms with Crippen LogP contribution in [0, 0.1) is 32.1 Å². The van der Waals surface area contributed by atoms with Crippen LogP contribution in [0.15, 0.2) is 23.0 Å². The van der Waals surface area contributed by atoms with Gasteiger partial charge in [-0.1, -0.05) is 17.7 Å². The summed E-state index contributed by atoms with van der Waals surface area (Å²) in [7, 11) is 0. The maximum atomic E-state index is 12.0. The molecule has 0 unspecified atom stereocenters. The number of esters is 1. The molecule has 0 saturated heterocycles. The molecule has 1 aromatic carbocycles. The molecule has 1 heterocycles. The zero-order valence-corrected chi connectivity index (χ0v) is 16.6. The number of hydrogen-bond acceptors (Lipinski definition) is 5. The van der Waals surface area contributed by atoms with Gasteiger partial charge in [-0.05, 0) is 56.0 Å². The molecule has 0 aliphatic rings. The van der Waals surface area contributed by atoms with Gasteiger partial charge in [-0.3, -0.25) is 14.4 Å². The van der Waals surface area contributed by atoms with Gasteiger partial charge < -0.3 is 15.0 Å². The van der Waals surface area contributed by atoms with Crippen LogP contribution in [-0.4, -0.2) is 23.5 Å². The Morgan fingerprint density at radius 1 is 1.25 bits per heavy atom. The van der Waals surface area contributed by atoms with Crippen molar-refractivity contribution in [3.8, 4) is 6.07 Å². The molecule has 1 amide bonds. The van der Waals surface area contributed by atoms with Gasteiger partial charge in [0.05, 0.1) is 0 Å². The molecule has 0 radical (unpaired) electrons. The standard InChI is InChI=1S/C20H20ClN3O4/c1-11-14(13(3)23-20(27)15(11)9-22)7-8-19(26)28-10-18(25)24-17-6-4-5-16(21)12(17)2/h4-6H,7-8,10H2,1-3H3,(H,23,27)(H,24,25). The summed E-state index contributed by atoms with van der Waals surface area (Å²) in [6.45, 7) is 4.73. The van der Waals surface area contributed by atoms with Crippen LogP contribution in [0.2, 0.25) is 5.02 Å². The molecule has 0 saturated carbocycles. The van der Waals surface area contributed by atoms with E-state index < -0.39 is 24.0 Å². The zero-order chi connectivity index (χ0) is 20.8. The van der Waals surface area contributed by atoms with Crippen molar-refractivity contribution in [2.24, 2.45) is 0 Å². The second kappa shape index (κ2) is 9.20. The van der Waals surface area contributed by atoms with Crippen molar-refractivity contribution < 1.29 is 14.3 Å². The molecule has 2 N–H and O–H groups in total. The second-order valence-electron chi connectivity index (χ2n) is 6.29. The van der Waals surface area contributed by atoms with E-state index in [1.54, 1.807) is 39.0 Å². The first kappa shape index (κ1) is 21.2. The summed E-state index contributed by atoms with van der Waals surface area (Å²) in [5, 5.41) is 12.3. The van der Waals surface area contributed by atoms with E-state index >= 15 is 0 Å². The Hall–Kier alpha value is -3.11. The van der Waals surface area contributed by atoms with Crippen LogP contribution in [0.25, 0.3) is 0 Å². The van der Waals surface area contributed by atoms with E-state index in [0.717, 1.165) is 5.56 Å². The van der Waals surface area contributed by atoms with E-state index in [1.807, 2.05) is 6.07 Å². The molecule has 0 bridgehead atoms. The summed E-state index contributed by atoms with van der Waals surface area (Å²) < 4.78 is 5.01. The minimum atomic E-state index is -0.554. The number of rotatable bonds is 6. The minimum Gasteiger partial charge on any atom is -0.456 e. The number of hydrogen-bond donors (Lipinski definition) is 2. The van der Waals surface area contributed by atoms with Gasteiger partial charge in [-0.25, -0.2) is 0 Å². The number of ether oxygens (including phenoxy) is 1. The van der Waals surface area contributed by atoms with E-state index in [9.17, 15) is 14.4 Å². The van der Waals surface area contributed by atoms with Crippen LogP contribution in [0.5, 0.6) is 0 Å². The van der Waals surface area contributed by atoms with Crippen LogP contribution >= 0.6 is 11.6 Å². The number of aryl methyl sites for hydroxylation is 1. The molecule has 1 aromatic heterocycles. The van der Waals surface area contributed by atoms with Crippen molar-refractivity contribution in [2.45, 2.75) is 33.6 Å². The van der Waals surface area contributed by atoms with Crippen LogP contribution < -0.4 is 10.9 Å². The maximum Gasteiger partial charge on any atom is 0.306 e. The van der Waals surface area contributed by atoms with Gasteiger partial charge in [0.25, 0.3) is 11.5 Å². The molecule has 0 aliphatic heterocycles. The van der Waals surface area contributed by atoms with Gasteiger partial charge in [-0.2, -0.15) is 5.26 Å². The quantitative estimate of drug-likeness (QED) is 0.722. The molecule has 7 nitrogen and oxygen atoms in total. The third kappa shape index (κ3) is 4.99. The van der Waals surface area contributed by atoms with Crippen LogP contribution in [0.3, 0.4) is 0 Å². The second-order valence-corrected chi connectivity index (χ2v) is 6.70. The number of carbonyl (C=O) groups excluding carboxylic acids is 2. The summed E-state index contributed by atoms with van der Waals surface area (Å²) in [6, 6.07) is 7.00. The fourth-order valence-electron chi connectivity index (χ4n) is 2.79. The van der Waals surface area contributed by atoms with Crippen molar-refractivity contribution >= 4 is 29.2 Å². The molecular weight excluding hydrogens is 382 g/mol. The smallest absolute Gasteiger partial charge is 0.306 e. The fourth-order valence-corrected chi connectivity index (χ4v) is 2.97. The van der Waals surface area contributed by atoms with Crippen LogP contribution in [-0.2, 0) is 20.7 Å². The Labute approximate surface area is 167 Å². The van der Waals surface area contributed by atoms with Crippen molar-refractivity contribution in [1.82, 2.24) is 4.98 Å². The summed E-state index contributed by atoms with van der Waals surface area (Å²) in [6.07, 6.45) is 0.305. The number of benzene rings is 1. The number of carbonyl (C=O) groups is 2. The third-order valence-electron chi connectivity index (χ3n) is 4.41. The predicted octanol–water partition coefficient (Wildman–Crippen LogP) is 2.94. The first-order valence-electron chi connectivity index (χ1n) is 8.57. The lowest BCUT2D eigenvalue weighted by Crippen LogP contribution is -2.22. The molecule has 0 spiro atoms. The number of nitriles is 1. The lowest BCUT2D eigenvalue weighted by Gasteiger charge is -2.11. The number of aromatic nitrogens is 1. The summed E-state index contributed by atoms with van der Waals surface area (Å²) >= 11 is 6.00. The van der Waals surface area contributed by atoms with Gasteiger partial charge in [0, 0.05) is 22.8 Å². The molecule has 0 aliphatic carbocycles. The van der Waals surface area contributed by atoms with Crippen molar-refractivity contribution in [2.75, 3.05) is 11.9 Å². The number of amides is 1. The molecule has 2 aromatic rings. The number of anilines is 1. The molecular formula is C20H20ClN3O4. The Balaban J connectivity index is 1.92. The van der Waals surface area contributed by atoms with Gasteiger partial charge in [0.15, 0.2) is 6.61 Å². The highest BCUT2D eigenvalue weighted by Gasteiger charge is 2.15. The summed E-state index contributed by atoms with van der Waals surface area (Å²) in [5.74, 6) is -1.02. The topological polar surface area (TPSA) is 112 Å². The maximum absolute atomic E-state index is 12.0. The lowest BCUT2D eigenvalue weighted by atomic mass is 9.99. The van der Waals surface area contributed by atoms with Crippen LogP contribution in [0.1, 0.15) is 34.4 Å². The van der Waals surface area contributed by atoms with Crippen molar-refractivity contribution in [3.63, 3.8) is 0 Å². The monoisotopic (exact) mass is 401 g/mol. The average molecular weight is 402 g/mol. The fraction of sp³-hybridized carbons (Fsp3) is 0.300. The predicted molar refractivity (Wildman–Crippen MR) is 105 cm³/mol. The Kier molecular flexibility index (Phi) is 6.96. The number of pyridine rings is 1. The van der Waals surface area contributed by atoms with Gasteiger partial charge in [0.2, 0.25) is 0 Å². The number of halogens is 1. The highest BCUT2D eigenvalue weighted by atomic mass is 35.5. The van der Waals surface area contributed by atoms with E-state index in [2.05, 4.69) is 10.3 Å². The van der Waals surface area contributed by atoms with Gasteiger partial charge >= 0.3 is 5.97 Å². The Morgan fingerprint density at radius 2 is 1.96 bits per heavy atom. The van der Waals surface area contributed by atoms with E-state index in [0.29, 0.717) is 27.5 Å². The molecule has 2 rings (SSSR count). The molecule has 0 atom stereocenters. The number of nitrogens with one attached hydrogen (secondary N) is 2. The number of nitrogens with zero attached hydrogens (tertiary/aromatic N) is 1. The Bertz CT molecular complexity index is 1020. The third-order valence-corrected chi connectivity index (χ3v) is 4.81. The van der Waals surface area contributed by atoms with Gasteiger partial charge in [0.1, 0.15) is 11.6 Å². The van der Waals surface area contributed by atoms with E-state index in [1.165, 1.54) is 0 Å². The molecule has 28 heavy (non-hydrogen) atoms. The first-order valence-corrected chi connectivity index (χ1v) is 8.95. The first-order chi connectivity index (χ1) is 13.2. The molecule has 146 valence electrons. The Morgan fingerprint density at radius 3 is 2.64 bits per heavy atom. The van der Waals surface area contributed by atoms with Crippen LogP contribution in [0.4, 0.5) is 5.69 Å². The van der Waals surface area contributed by atoms with Crippen molar-refractivity contribution in [3.05, 3.63) is 61.5 Å². The highest BCUT2D eigenvalue weighted by Crippen LogP contribution is 2.22. The summed E-state index contributed by atoms with van der Waals surface area (Å²) in [5.41, 5.74) is 2.72. The summed E-state index contributed by atoms with van der Waals surface area (Å²) in [4.78, 5) is 38.3. The molecule has 8 heteroatoms. The minimum absolute atomic E-state index is 0.0159. The SMILES string of the molecule is Cc1[nH]c(=O)c(C#N)c(C)c1CCC(=O)OCC(=O)Nc1cccc(Cl)c1C. The zero-order valence-electron chi connectivity index (χ0n) is 15.8. The highest BCUT2D eigenvalue weighted by molar-refractivity contribution is 6.31. The van der Waals surface area contributed by atoms with Crippen molar-refractivity contribution in [1.29, 1.82) is 5.26 Å². The normalized spacial score (nSPS) is 10.2. The number of H-pyrrole nitrogens is 1.